The number of hydrogen-bond acceptors (Lipinski definition) is 10. The van der Waals surface area contributed by atoms with E-state index in [-0.39, 0.29) is 36.6 Å². The zero-order valence-electron chi connectivity index (χ0n) is 23.3. The fourth-order valence-corrected chi connectivity index (χ4v) is 6.77. The van der Waals surface area contributed by atoms with Gasteiger partial charge in [-0.3, -0.25) is 14.7 Å². The molecule has 5 N–H and O–H groups in total. The summed E-state index contributed by atoms with van der Waals surface area (Å²) < 4.78 is 24.3. The monoisotopic (exact) mass is 595 g/mol. The van der Waals surface area contributed by atoms with Crippen molar-refractivity contribution in [3.05, 3.63) is 106 Å². The van der Waals surface area contributed by atoms with Gasteiger partial charge in [-0.1, -0.05) is 78.9 Å². The van der Waals surface area contributed by atoms with Crippen LogP contribution in [0.4, 0.5) is 22.2 Å². The van der Waals surface area contributed by atoms with Crippen LogP contribution in [0.15, 0.2) is 83.7 Å². The summed E-state index contributed by atoms with van der Waals surface area (Å²) in [6, 6.07) is 24.2. The highest BCUT2D eigenvalue weighted by Gasteiger charge is 2.56. The van der Waals surface area contributed by atoms with Crippen molar-refractivity contribution in [2.24, 2.45) is 0 Å². The fraction of sp³-hybridized carbons (Fsp3) is 0.281. The van der Waals surface area contributed by atoms with Crippen molar-refractivity contribution in [2.45, 2.75) is 42.8 Å². The average Bonchev–Trinajstić information content (AvgIpc) is 3.36. The van der Waals surface area contributed by atoms with E-state index in [2.05, 4.69) is 15.3 Å². The summed E-state index contributed by atoms with van der Waals surface area (Å²) in [4.78, 5) is 35.1. The molecule has 12 nitrogen and oxygen atoms in total. The Morgan fingerprint density at radius 2 is 1.68 bits per heavy atom. The highest BCUT2D eigenvalue weighted by atomic mass is 16.7. The first-order chi connectivity index (χ1) is 21.5. The normalized spacial score (nSPS) is 26.8. The van der Waals surface area contributed by atoms with E-state index < -0.39 is 48.5 Å². The van der Waals surface area contributed by atoms with Crippen LogP contribution in [-0.4, -0.2) is 65.0 Å². The number of hydrogen-bond donors (Lipinski definition) is 4. The van der Waals surface area contributed by atoms with Gasteiger partial charge in [0.2, 0.25) is 5.95 Å². The molecule has 8 rings (SSSR count). The topological polar surface area (TPSA) is 161 Å². The van der Waals surface area contributed by atoms with E-state index in [1.165, 1.54) is 0 Å². The molecule has 3 aromatic carbocycles. The number of H-pyrrole nitrogens is 1. The van der Waals surface area contributed by atoms with E-state index in [9.17, 15) is 14.7 Å². The average molecular weight is 596 g/mol. The second-order valence-electron chi connectivity index (χ2n) is 11.2. The summed E-state index contributed by atoms with van der Waals surface area (Å²) >= 11 is 0. The van der Waals surface area contributed by atoms with E-state index in [0.29, 0.717) is 0 Å². The molecule has 4 aliphatic rings. The number of benzene rings is 3. The Hall–Kier alpha value is -4.75. The SMILES string of the molecule is Nc1nc2c(c(=O)[nH]1)N(C(=O)OCC1c3ccccc3-c3ccccc31)[C@H]1[C@@H](O)[C@H]3OC(c4ccccc4)OC[C@H]3O[C@H]1N2. The van der Waals surface area contributed by atoms with Crippen molar-refractivity contribution in [1.82, 2.24) is 9.97 Å². The van der Waals surface area contributed by atoms with E-state index in [1.54, 1.807) is 0 Å². The Labute approximate surface area is 251 Å². The van der Waals surface area contributed by atoms with Crippen LogP contribution >= 0.6 is 0 Å². The highest BCUT2D eigenvalue weighted by Crippen LogP contribution is 2.45. The second kappa shape index (κ2) is 10.5. The first-order valence-corrected chi connectivity index (χ1v) is 14.4. The molecule has 3 aliphatic heterocycles. The maximum Gasteiger partial charge on any atom is 0.415 e. The maximum absolute atomic E-state index is 14.1. The van der Waals surface area contributed by atoms with Gasteiger partial charge in [0.05, 0.1) is 6.61 Å². The molecule has 0 saturated carbocycles. The molecule has 12 heteroatoms. The van der Waals surface area contributed by atoms with E-state index in [4.69, 9.17) is 24.7 Å². The molecule has 1 aliphatic carbocycles. The lowest BCUT2D eigenvalue weighted by Crippen LogP contribution is -2.71. The second-order valence-corrected chi connectivity index (χ2v) is 11.2. The molecular formula is C32H29N5O7. The molecule has 6 atom stereocenters. The molecule has 1 amide bonds. The third kappa shape index (κ3) is 4.26. The third-order valence-electron chi connectivity index (χ3n) is 8.71. The number of fused-ring (bicyclic) bond motifs is 6. The number of aliphatic hydroxyl groups excluding tert-OH is 1. The number of aromatic nitrogens is 2. The van der Waals surface area contributed by atoms with Gasteiger partial charge < -0.3 is 35.1 Å². The number of carbonyl (C=O) groups is 1. The molecule has 224 valence electrons. The van der Waals surface area contributed by atoms with Gasteiger partial charge in [0, 0.05) is 11.5 Å². The maximum atomic E-state index is 14.1. The van der Waals surface area contributed by atoms with E-state index in [1.807, 2.05) is 78.9 Å². The molecule has 44 heavy (non-hydrogen) atoms. The van der Waals surface area contributed by atoms with Crippen molar-refractivity contribution in [1.29, 1.82) is 0 Å². The minimum atomic E-state index is -1.29. The third-order valence-corrected chi connectivity index (χ3v) is 8.71. The van der Waals surface area contributed by atoms with Gasteiger partial charge in [-0.25, -0.2) is 4.79 Å². The first kappa shape index (κ1) is 26.8. The Morgan fingerprint density at radius 1 is 1.00 bits per heavy atom. The number of anilines is 3. The van der Waals surface area contributed by atoms with Gasteiger partial charge in [0.25, 0.3) is 5.56 Å². The van der Waals surface area contributed by atoms with Crippen LogP contribution in [0.25, 0.3) is 11.1 Å². The summed E-state index contributed by atoms with van der Waals surface area (Å²) in [5, 5.41) is 14.8. The van der Waals surface area contributed by atoms with Gasteiger partial charge in [0.1, 0.15) is 31.0 Å². The number of nitrogens with zero attached hydrogens (tertiary/aromatic N) is 2. The Bertz CT molecular complexity index is 1750. The van der Waals surface area contributed by atoms with Crippen LogP contribution in [0.2, 0.25) is 0 Å². The predicted molar refractivity (Wildman–Crippen MR) is 159 cm³/mol. The Morgan fingerprint density at radius 3 is 2.41 bits per heavy atom. The summed E-state index contributed by atoms with van der Waals surface area (Å²) in [6.07, 6.45) is -5.37. The lowest BCUT2D eigenvalue weighted by atomic mass is 9.92. The van der Waals surface area contributed by atoms with Crippen molar-refractivity contribution in [3.63, 3.8) is 0 Å². The number of ether oxygens (including phenoxy) is 4. The minimum absolute atomic E-state index is 0.00718. The zero-order chi connectivity index (χ0) is 29.9. The molecule has 1 aromatic heterocycles. The lowest BCUT2D eigenvalue weighted by molar-refractivity contribution is -0.311. The summed E-state index contributed by atoms with van der Waals surface area (Å²) in [6.45, 7) is 0.141. The number of amides is 1. The Balaban J connectivity index is 1.12. The fourth-order valence-electron chi connectivity index (χ4n) is 6.77. The number of carbonyl (C=O) groups excluding carboxylic acids is 1. The van der Waals surface area contributed by atoms with Crippen LogP contribution < -0.4 is 21.5 Å². The zero-order valence-corrected chi connectivity index (χ0v) is 23.3. The standard InChI is InChI=1S/C32H29N5O7/c33-31-35-27-24(28(39)36-31)37(32(40)42-14-21-19-12-6-4-10-17(19)18-11-5-7-13-20(18)21)23-25(38)26-22(43-29(23)34-27)15-41-30(44-26)16-8-2-1-3-9-16/h1-13,21-23,25-26,29-30,38H,14-15H2,(H4,33,34,35,36,39)/t22-,23+,25-,26+,29-,30?/m1/s1. The van der Waals surface area contributed by atoms with Gasteiger partial charge in [0.15, 0.2) is 24.0 Å². The molecule has 0 radical (unpaired) electrons. The van der Waals surface area contributed by atoms with Crippen molar-refractivity contribution >= 4 is 23.5 Å². The van der Waals surface area contributed by atoms with Crippen LogP contribution in [0.3, 0.4) is 0 Å². The van der Waals surface area contributed by atoms with E-state index in [0.717, 1.165) is 32.7 Å². The molecule has 4 aromatic rings. The number of nitrogens with two attached hydrogens (primary N) is 1. The molecule has 2 fully saturated rings. The molecule has 1 unspecified atom stereocenters. The molecule has 0 spiro atoms. The lowest BCUT2D eigenvalue weighted by Gasteiger charge is -2.52. The van der Waals surface area contributed by atoms with Crippen LogP contribution in [-0.2, 0) is 18.9 Å². The number of rotatable bonds is 3. The summed E-state index contributed by atoms with van der Waals surface area (Å²) in [5.74, 6) is -0.322. The van der Waals surface area contributed by atoms with Crippen molar-refractivity contribution < 1.29 is 28.8 Å². The first-order valence-electron chi connectivity index (χ1n) is 14.4. The highest BCUT2D eigenvalue weighted by molar-refractivity contribution is 5.93. The number of nitrogen functional groups attached to an aromatic ring is 1. The smallest absolute Gasteiger partial charge is 0.415 e. The minimum Gasteiger partial charge on any atom is -0.448 e. The van der Waals surface area contributed by atoms with Gasteiger partial charge in [-0.2, -0.15) is 4.98 Å². The van der Waals surface area contributed by atoms with Crippen molar-refractivity contribution in [2.75, 3.05) is 29.2 Å². The Kier molecular flexibility index (Phi) is 6.38. The molecule has 4 heterocycles. The van der Waals surface area contributed by atoms with Gasteiger partial charge in [-0.05, 0) is 22.3 Å². The quantitative estimate of drug-likeness (QED) is 0.277. The largest absolute Gasteiger partial charge is 0.448 e. The van der Waals surface area contributed by atoms with E-state index >= 15 is 0 Å². The van der Waals surface area contributed by atoms with Gasteiger partial charge >= 0.3 is 6.09 Å². The number of nitrogens with one attached hydrogen (secondary N) is 2. The predicted octanol–water partition coefficient (Wildman–Crippen LogP) is 3.10. The number of aromatic amines is 1. The summed E-state index contributed by atoms with van der Waals surface area (Å²) in [7, 11) is 0. The van der Waals surface area contributed by atoms with Crippen LogP contribution in [0.1, 0.15) is 28.9 Å². The molecular weight excluding hydrogens is 566 g/mol. The van der Waals surface area contributed by atoms with Crippen LogP contribution in [0.5, 0.6) is 0 Å². The summed E-state index contributed by atoms with van der Waals surface area (Å²) in [5.41, 5.74) is 10.1. The van der Waals surface area contributed by atoms with Gasteiger partial charge in [-0.15, -0.1) is 0 Å². The van der Waals surface area contributed by atoms with Crippen LogP contribution in [0, 0.1) is 0 Å². The number of aliphatic hydroxyl groups is 1. The van der Waals surface area contributed by atoms with Crippen molar-refractivity contribution in [3.8, 4) is 11.1 Å². The molecule has 2 saturated heterocycles. The molecule has 0 bridgehead atoms.